The molecule has 1 aliphatic heterocycles. The van der Waals surface area contributed by atoms with Gasteiger partial charge in [-0.15, -0.1) is 0 Å². The van der Waals surface area contributed by atoms with Gasteiger partial charge in [-0.25, -0.2) is 0 Å². The zero-order valence-electron chi connectivity index (χ0n) is 7.16. The lowest BCUT2D eigenvalue weighted by atomic mass is 10.1. The van der Waals surface area contributed by atoms with Gasteiger partial charge in [0.15, 0.2) is 0 Å². The maximum absolute atomic E-state index is 9.31. The van der Waals surface area contributed by atoms with Gasteiger partial charge in [-0.2, -0.15) is 0 Å². The number of β-amino-alcohol motifs (C(OH)–C–C–N with tert-alkyl or cyclic N) is 1. The Labute approximate surface area is 68.5 Å². The Morgan fingerprint density at radius 2 is 2.45 bits per heavy atom. The lowest BCUT2D eigenvalue weighted by Crippen LogP contribution is -2.38. The van der Waals surface area contributed by atoms with Gasteiger partial charge in [0.05, 0.1) is 6.10 Å². The molecule has 0 saturated carbocycles. The molecule has 2 heteroatoms. The number of hydrogen-bond donors (Lipinski definition) is 1. The van der Waals surface area contributed by atoms with Crippen molar-refractivity contribution in [3.05, 3.63) is 12.2 Å². The molecule has 1 aliphatic rings. The largest absolute Gasteiger partial charge is 0.392 e. The van der Waals surface area contributed by atoms with E-state index < -0.39 is 0 Å². The van der Waals surface area contributed by atoms with Crippen LogP contribution in [-0.4, -0.2) is 35.7 Å². The molecule has 1 N–H and O–H groups in total. The van der Waals surface area contributed by atoms with Crippen LogP contribution in [0.15, 0.2) is 12.2 Å². The Morgan fingerprint density at radius 3 is 3.09 bits per heavy atom. The van der Waals surface area contributed by atoms with Gasteiger partial charge in [0, 0.05) is 13.1 Å². The van der Waals surface area contributed by atoms with Crippen LogP contribution in [0.4, 0.5) is 0 Å². The first-order valence-electron chi connectivity index (χ1n) is 4.34. The normalized spacial score (nSPS) is 28.0. The number of aliphatic hydroxyl groups is 1. The van der Waals surface area contributed by atoms with E-state index in [0.717, 1.165) is 32.5 Å². The van der Waals surface area contributed by atoms with Gasteiger partial charge in [0.1, 0.15) is 0 Å². The minimum absolute atomic E-state index is 0.0889. The Morgan fingerprint density at radius 1 is 1.64 bits per heavy atom. The Bertz CT molecular complexity index is 134. The van der Waals surface area contributed by atoms with Crippen LogP contribution in [-0.2, 0) is 0 Å². The molecule has 0 aromatic carbocycles. The molecule has 0 bridgehead atoms. The number of likely N-dealkylation sites (tertiary alicyclic amines) is 1. The summed E-state index contributed by atoms with van der Waals surface area (Å²) < 4.78 is 0. The third-order valence-corrected chi connectivity index (χ3v) is 2.08. The highest BCUT2D eigenvalue weighted by atomic mass is 16.3. The van der Waals surface area contributed by atoms with Crippen LogP contribution < -0.4 is 0 Å². The fourth-order valence-electron chi connectivity index (χ4n) is 1.45. The van der Waals surface area contributed by atoms with Crippen molar-refractivity contribution in [2.45, 2.75) is 25.9 Å². The highest BCUT2D eigenvalue weighted by Gasteiger charge is 2.15. The molecular formula is C9H17NO. The summed E-state index contributed by atoms with van der Waals surface area (Å²) in [7, 11) is 0. The zero-order chi connectivity index (χ0) is 8.10. The first kappa shape index (κ1) is 8.75. The van der Waals surface area contributed by atoms with Crippen molar-refractivity contribution in [2.24, 2.45) is 0 Å². The van der Waals surface area contributed by atoms with E-state index >= 15 is 0 Å². The van der Waals surface area contributed by atoms with Crippen LogP contribution in [0.25, 0.3) is 0 Å². The lowest BCUT2D eigenvalue weighted by Gasteiger charge is -2.28. The van der Waals surface area contributed by atoms with Crippen LogP contribution in [0.2, 0.25) is 0 Å². The summed E-state index contributed by atoms with van der Waals surface area (Å²) in [4.78, 5) is 2.29. The first-order chi connectivity index (χ1) is 5.33. The van der Waals surface area contributed by atoms with Crippen molar-refractivity contribution < 1.29 is 5.11 Å². The van der Waals surface area contributed by atoms with Gasteiger partial charge in [-0.05, 0) is 26.3 Å². The maximum atomic E-state index is 9.31. The minimum Gasteiger partial charge on any atom is -0.392 e. The fraction of sp³-hybridized carbons (Fsp3) is 0.778. The molecule has 0 spiro atoms. The zero-order valence-corrected chi connectivity index (χ0v) is 7.16. The van der Waals surface area contributed by atoms with E-state index in [1.807, 2.05) is 6.92 Å². The fourth-order valence-corrected chi connectivity index (χ4v) is 1.45. The molecule has 2 nitrogen and oxygen atoms in total. The number of piperidine rings is 1. The van der Waals surface area contributed by atoms with Gasteiger partial charge in [-0.1, -0.05) is 12.2 Å². The molecule has 1 saturated heterocycles. The summed E-state index contributed by atoms with van der Waals surface area (Å²) in [6, 6.07) is 0. The topological polar surface area (TPSA) is 23.5 Å². The number of hydrogen-bond acceptors (Lipinski definition) is 2. The second-order valence-electron chi connectivity index (χ2n) is 3.12. The molecule has 1 heterocycles. The van der Waals surface area contributed by atoms with Gasteiger partial charge >= 0.3 is 0 Å². The predicted molar refractivity (Wildman–Crippen MR) is 46.5 cm³/mol. The average molecular weight is 155 g/mol. The van der Waals surface area contributed by atoms with Crippen molar-refractivity contribution in [1.82, 2.24) is 4.90 Å². The van der Waals surface area contributed by atoms with E-state index in [0.29, 0.717) is 0 Å². The molecule has 1 fully saturated rings. The van der Waals surface area contributed by atoms with E-state index in [-0.39, 0.29) is 6.10 Å². The SMILES string of the molecule is C/C=C/CN1CCC[C@H](O)C1. The van der Waals surface area contributed by atoms with Crippen molar-refractivity contribution in [1.29, 1.82) is 0 Å². The minimum atomic E-state index is -0.0889. The molecular weight excluding hydrogens is 138 g/mol. The van der Waals surface area contributed by atoms with E-state index in [9.17, 15) is 5.11 Å². The number of rotatable bonds is 2. The predicted octanol–water partition coefficient (Wildman–Crippen LogP) is 1.02. The molecule has 64 valence electrons. The third-order valence-electron chi connectivity index (χ3n) is 2.08. The van der Waals surface area contributed by atoms with Crippen LogP contribution in [0.5, 0.6) is 0 Å². The average Bonchev–Trinajstić information content (AvgIpc) is 2.01. The Kier molecular flexibility index (Phi) is 3.60. The van der Waals surface area contributed by atoms with Crippen molar-refractivity contribution in [2.75, 3.05) is 19.6 Å². The van der Waals surface area contributed by atoms with E-state index in [1.165, 1.54) is 0 Å². The highest BCUT2D eigenvalue weighted by molar-refractivity contribution is 4.83. The van der Waals surface area contributed by atoms with Gasteiger partial charge in [0.25, 0.3) is 0 Å². The van der Waals surface area contributed by atoms with Crippen molar-refractivity contribution in [3.8, 4) is 0 Å². The van der Waals surface area contributed by atoms with Crippen LogP contribution >= 0.6 is 0 Å². The van der Waals surface area contributed by atoms with Crippen LogP contribution in [0, 0.1) is 0 Å². The molecule has 0 unspecified atom stereocenters. The first-order valence-corrected chi connectivity index (χ1v) is 4.34. The smallest absolute Gasteiger partial charge is 0.0667 e. The van der Waals surface area contributed by atoms with E-state index in [1.54, 1.807) is 0 Å². The van der Waals surface area contributed by atoms with Gasteiger partial charge in [0.2, 0.25) is 0 Å². The number of allylic oxidation sites excluding steroid dienone is 1. The summed E-state index contributed by atoms with van der Waals surface area (Å²) in [5.41, 5.74) is 0. The number of aliphatic hydroxyl groups excluding tert-OH is 1. The van der Waals surface area contributed by atoms with Crippen molar-refractivity contribution >= 4 is 0 Å². The third kappa shape index (κ3) is 3.04. The summed E-state index contributed by atoms with van der Waals surface area (Å²) in [6.45, 7) is 5.01. The second-order valence-corrected chi connectivity index (χ2v) is 3.12. The van der Waals surface area contributed by atoms with Crippen LogP contribution in [0.3, 0.4) is 0 Å². The molecule has 0 radical (unpaired) electrons. The molecule has 1 atom stereocenters. The maximum Gasteiger partial charge on any atom is 0.0667 e. The second kappa shape index (κ2) is 4.52. The lowest BCUT2D eigenvalue weighted by molar-refractivity contribution is 0.0770. The monoisotopic (exact) mass is 155 g/mol. The number of nitrogens with zero attached hydrogens (tertiary/aromatic N) is 1. The highest BCUT2D eigenvalue weighted by Crippen LogP contribution is 2.08. The standard InChI is InChI=1S/C9H17NO/c1-2-3-6-10-7-4-5-9(11)8-10/h2-3,9,11H,4-8H2,1H3/b3-2+/t9-/m0/s1. The quantitative estimate of drug-likeness (QED) is 0.602. The molecule has 1 rings (SSSR count). The molecule has 0 aromatic heterocycles. The van der Waals surface area contributed by atoms with E-state index in [2.05, 4.69) is 17.1 Å². The summed E-state index contributed by atoms with van der Waals surface area (Å²) in [5, 5.41) is 9.31. The molecule has 11 heavy (non-hydrogen) atoms. The van der Waals surface area contributed by atoms with Gasteiger partial charge < -0.3 is 5.11 Å². The van der Waals surface area contributed by atoms with Gasteiger partial charge in [-0.3, -0.25) is 4.90 Å². The van der Waals surface area contributed by atoms with E-state index in [4.69, 9.17) is 0 Å². The molecule has 0 aliphatic carbocycles. The Balaban J connectivity index is 2.22. The molecule has 0 aromatic rings. The summed E-state index contributed by atoms with van der Waals surface area (Å²) >= 11 is 0. The van der Waals surface area contributed by atoms with Crippen LogP contribution in [0.1, 0.15) is 19.8 Å². The summed E-state index contributed by atoms with van der Waals surface area (Å²) in [6.07, 6.45) is 6.22. The Hall–Kier alpha value is -0.340. The molecule has 0 amide bonds. The van der Waals surface area contributed by atoms with Crippen molar-refractivity contribution in [3.63, 3.8) is 0 Å². The summed E-state index contributed by atoms with van der Waals surface area (Å²) in [5.74, 6) is 0.